The van der Waals surface area contributed by atoms with Gasteiger partial charge in [0.15, 0.2) is 0 Å². The molecule has 0 bridgehead atoms. The predicted molar refractivity (Wildman–Crippen MR) is 79.6 cm³/mol. The van der Waals surface area contributed by atoms with Crippen LogP contribution in [0.25, 0.3) is 0 Å². The Hall–Kier alpha value is -0.0600. The first kappa shape index (κ1) is 15.0. The van der Waals surface area contributed by atoms with E-state index in [-0.39, 0.29) is 0 Å². The maximum atomic E-state index is 5.28. The molecular formula is C13H19Br2NO. The molecule has 2 nitrogen and oxygen atoms in total. The van der Waals surface area contributed by atoms with Crippen LogP contribution in [0, 0.1) is 5.92 Å². The van der Waals surface area contributed by atoms with Gasteiger partial charge in [-0.3, -0.25) is 0 Å². The minimum atomic E-state index is 0.722. The van der Waals surface area contributed by atoms with E-state index >= 15 is 0 Å². The Kier molecular flexibility index (Phi) is 6.52. The summed E-state index contributed by atoms with van der Waals surface area (Å²) < 4.78 is 7.24. The van der Waals surface area contributed by atoms with Crippen LogP contribution < -0.4 is 10.1 Å². The summed E-state index contributed by atoms with van der Waals surface area (Å²) in [5.41, 5.74) is 1.24. The fourth-order valence-corrected chi connectivity index (χ4v) is 3.12. The van der Waals surface area contributed by atoms with Crippen molar-refractivity contribution in [1.82, 2.24) is 5.32 Å². The maximum absolute atomic E-state index is 5.28. The fourth-order valence-electron chi connectivity index (χ4n) is 1.52. The van der Waals surface area contributed by atoms with Gasteiger partial charge >= 0.3 is 0 Å². The van der Waals surface area contributed by atoms with Gasteiger partial charge < -0.3 is 10.1 Å². The van der Waals surface area contributed by atoms with Crippen LogP contribution in [0.4, 0.5) is 0 Å². The summed E-state index contributed by atoms with van der Waals surface area (Å²) in [4.78, 5) is 0. The molecule has 0 aliphatic heterocycles. The molecule has 4 heteroatoms. The first-order valence-electron chi connectivity index (χ1n) is 5.81. The van der Waals surface area contributed by atoms with Crippen molar-refractivity contribution in [3.63, 3.8) is 0 Å². The van der Waals surface area contributed by atoms with E-state index in [9.17, 15) is 0 Å². The van der Waals surface area contributed by atoms with Crippen LogP contribution in [0.5, 0.6) is 5.75 Å². The minimum absolute atomic E-state index is 0.722. The molecular weight excluding hydrogens is 346 g/mol. The first-order valence-corrected chi connectivity index (χ1v) is 7.39. The standard InChI is InChI=1S/C13H19Br2NO/c1-4-9(2)7-16-8-10-5-11(14)13(17-3)12(15)6-10/h5-6,9,16H,4,7-8H2,1-3H3. The van der Waals surface area contributed by atoms with Gasteiger partial charge in [-0.1, -0.05) is 20.3 Å². The van der Waals surface area contributed by atoms with Crippen molar-refractivity contribution >= 4 is 31.9 Å². The lowest BCUT2D eigenvalue weighted by Crippen LogP contribution is -2.20. The molecule has 0 spiro atoms. The molecule has 0 aliphatic rings. The zero-order chi connectivity index (χ0) is 12.8. The van der Waals surface area contributed by atoms with Crippen molar-refractivity contribution < 1.29 is 4.74 Å². The number of hydrogen-bond donors (Lipinski definition) is 1. The van der Waals surface area contributed by atoms with E-state index in [1.54, 1.807) is 7.11 Å². The molecule has 1 aromatic carbocycles. The Morgan fingerprint density at radius 2 is 1.88 bits per heavy atom. The summed E-state index contributed by atoms with van der Waals surface area (Å²) in [6, 6.07) is 4.18. The monoisotopic (exact) mass is 363 g/mol. The molecule has 1 rings (SSSR count). The van der Waals surface area contributed by atoms with E-state index in [0.717, 1.165) is 33.7 Å². The third kappa shape index (κ3) is 4.60. The fraction of sp³-hybridized carbons (Fsp3) is 0.538. The van der Waals surface area contributed by atoms with Crippen LogP contribution in [0.2, 0.25) is 0 Å². The van der Waals surface area contributed by atoms with Gasteiger partial charge in [0, 0.05) is 6.54 Å². The molecule has 0 aliphatic carbocycles. The van der Waals surface area contributed by atoms with E-state index in [2.05, 4.69) is 63.2 Å². The molecule has 0 fully saturated rings. The highest BCUT2D eigenvalue weighted by atomic mass is 79.9. The average Bonchev–Trinajstić information content (AvgIpc) is 2.28. The zero-order valence-electron chi connectivity index (χ0n) is 10.5. The highest BCUT2D eigenvalue weighted by Crippen LogP contribution is 2.34. The number of benzene rings is 1. The number of nitrogens with one attached hydrogen (secondary N) is 1. The summed E-state index contributed by atoms with van der Waals surface area (Å²) in [5.74, 6) is 1.57. The second kappa shape index (κ2) is 7.39. The molecule has 0 amide bonds. The number of rotatable bonds is 6. The van der Waals surface area contributed by atoms with Crippen LogP contribution in [0.15, 0.2) is 21.1 Å². The lowest BCUT2D eigenvalue weighted by Gasteiger charge is -2.12. The molecule has 1 aromatic rings. The number of ether oxygens (including phenoxy) is 1. The Balaban J connectivity index is 2.61. The summed E-state index contributed by atoms with van der Waals surface area (Å²) >= 11 is 7.02. The molecule has 1 N–H and O–H groups in total. The van der Waals surface area contributed by atoms with Gasteiger partial charge in [0.05, 0.1) is 16.1 Å². The molecule has 1 unspecified atom stereocenters. The molecule has 96 valence electrons. The number of hydrogen-bond acceptors (Lipinski definition) is 2. The molecule has 0 radical (unpaired) electrons. The second-order valence-corrected chi connectivity index (χ2v) is 5.95. The third-order valence-electron chi connectivity index (χ3n) is 2.78. The molecule has 0 heterocycles. The summed E-state index contributed by atoms with van der Waals surface area (Å²) in [7, 11) is 1.67. The molecule has 0 aromatic heterocycles. The summed E-state index contributed by atoms with van der Waals surface area (Å²) in [6.45, 7) is 6.41. The Morgan fingerprint density at radius 3 is 2.35 bits per heavy atom. The second-order valence-electron chi connectivity index (χ2n) is 4.24. The van der Waals surface area contributed by atoms with Crippen molar-refractivity contribution in [1.29, 1.82) is 0 Å². The Morgan fingerprint density at radius 1 is 1.29 bits per heavy atom. The van der Waals surface area contributed by atoms with Gasteiger partial charge in [0.25, 0.3) is 0 Å². The van der Waals surface area contributed by atoms with Crippen molar-refractivity contribution in [2.24, 2.45) is 5.92 Å². The van der Waals surface area contributed by atoms with Gasteiger partial charge in [-0.2, -0.15) is 0 Å². The highest BCUT2D eigenvalue weighted by molar-refractivity contribution is 9.11. The van der Waals surface area contributed by atoms with Crippen molar-refractivity contribution in [2.45, 2.75) is 26.8 Å². The third-order valence-corrected chi connectivity index (χ3v) is 3.96. The predicted octanol–water partition coefficient (Wildman–Crippen LogP) is 4.36. The Bertz CT molecular complexity index is 345. The largest absolute Gasteiger partial charge is 0.494 e. The average molecular weight is 365 g/mol. The quantitative estimate of drug-likeness (QED) is 0.809. The summed E-state index contributed by atoms with van der Waals surface area (Å²) in [6.07, 6.45) is 1.21. The Labute approximate surface area is 120 Å². The van der Waals surface area contributed by atoms with E-state index in [0.29, 0.717) is 0 Å². The molecule has 1 atom stereocenters. The lowest BCUT2D eigenvalue weighted by molar-refractivity contribution is 0.409. The lowest BCUT2D eigenvalue weighted by atomic mass is 10.1. The molecule has 0 saturated heterocycles. The van der Waals surface area contributed by atoms with E-state index in [1.807, 2.05) is 0 Å². The number of methoxy groups -OCH3 is 1. The summed E-state index contributed by atoms with van der Waals surface area (Å²) in [5, 5.41) is 3.46. The van der Waals surface area contributed by atoms with Gasteiger partial charge in [-0.15, -0.1) is 0 Å². The van der Waals surface area contributed by atoms with Gasteiger partial charge in [-0.05, 0) is 62.0 Å². The smallest absolute Gasteiger partial charge is 0.147 e. The van der Waals surface area contributed by atoms with E-state index in [4.69, 9.17) is 4.74 Å². The zero-order valence-corrected chi connectivity index (χ0v) is 13.7. The normalized spacial score (nSPS) is 12.5. The van der Waals surface area contributed by atoms with Crippen LogP contribution in [0.3, 0.4) is 0 Å². The van der Waals surface area contributed by atoms with Gasteiger partial charge in [0.1, 0.15) is 5.75 Å². The van der Waals surface area contributed by atoms with E-state index < -0.39 is 0 Å². The minimum Gasteiger partial charge on any atom is -0.494 e. The highest BCUT2D eigenvalue weighted by Gasteiger charge is 2.07. The SMILES string of the molecule is CCC(C)CNCc1cc(Br)c(OC)c(Br)c1. The molecule has 17 heavy (non-hydrogen) atoms. The van der Waals surface area contributed by atoms with Gasteiger partial charge in [0.2, 0.25) is 0 Å². The van der Waals surface area contributed by atoms with Crippen molar-refractivity contribution in [3.05, 3.63) is 26.6 Å². The van der Waals surface area contributed by atoms with Crippen LogP contribution >= 0.6 is 31.9 Å². The number of halogens is 2. The molecule has 0 saturated carbocycles. The van der Waals surface area contributed by atoms with Gasteiger partial charge in [-0.25, -0.2) is 0 Å². The first-order chi connectivity index (χ1) is 8.08. The van der Waals surface area contributed by atoms with Crippen LogP contribution in [-0.2, 0) is 6.54 Å². The van der Waals surface area contributed by atoms with Crippen molar-refractivity contribution in [3.8, 4) is 5.75 Å². The topological polar surface area (TPSA) is 21.3 Å². The maximum Gasteiger partial charge on any atom is 0.147 e. The van der Waals surface area contributed by atoms with Crippen molar-refractivity contribution in [2.75, 3.05) is 13.7 Å². The van der Waals surface area contributed by atoms with Crippen LogP contribution in [0.1, 0.15) is 25.8 Å². The van der Waals surface area contributed by atoms with E-state index in [1.165, 1.54) is 12.0 Å². The van der Waals surface area contributed by atoms with Crippen LogP contribution in [-0.4, -0.2) is 13.7 Å².